The fraction of sp³-hybridized carbons (Fsp3) is 0.571. The van der Waals surface area contributed by atoms with Gasteiger partial charge in [-0.1, -0.05) is 30.9 Å². The van der Waals surface area contributed by atoms with E-state index in [1.807, 2.05) is 0 Å². The quantitative estimate of drug-likeness (QED) is 0.879. The van der Waals surface area contributed by atoms with Crippen LogP contribution in [-0.2, 0) is 0 Å². The predicted octanol–water partition coefficient (Wildman–Crippen LogP) is 3.43. The van der Waals surface area contributed by atoms with Crippen molar-refractivity contribution in [2.45, 2.75) is 44.2 Å². The second-order valence-electron chi connectivity index (χ2n) is 4.90. The van der Waals surface area contributed by atoms with E-state index in [4.69, 9.17) is 11.6 Å². The lowest BCUT2D eigenvalue weighted by Crippen LogP contribution is -2.36. The van der Waals surface area contributed by atoms with E-state index in [2.05, 4.69) is 5.32 Å². The van der Waals surface area contributed by atoms with Crippen molar-refractivity contribution < 1.29 is 9.50 Å². The van der Waals surface area contributed by atoms with Gasteiger partial charge >= 0.3 is 0 Å². The number of hydrogen-bond donors (Lipinski definition) is 2. The molecular weight excluding hydrogens is 253 g/mol. The molecule has 1 atom stereocenters. The predicted molar refractivity (Wildman–Crippen MR) is 71.2 cm³/mol. The van der Waals surface area contributed by atoms with Crippen LogP contribution in [0.15, 0.2) is 18.2 Å². The number of aliphatic hydroxyl groups is 1. The summed E-state index contributed by atoms with van der Waals surface area (Å²) in [5.74, 6) is -0.318. The molecule has 2 nitrogen and oxygen atoms in total. The molecule has 0 heterocycles. The molecule has 2 N–H and O–H groups in total. The number of aliphatic hydroxyl groups excluding tert-OH is 1. The maximum absolute atomic E-state index is 13.8. The van der Waals surface area contributed by atoms with Crippen LogP contribution in [0.4, 0.5) is 4.39 Å². The number of rotatable bonds is 4. The Morgan fingerprint density at radius 2 is 2.06 bits per heavy atom. The van der Waals surface area contributed by atoms with E-state index in [1.165, 1.54) is 31.4 Å². The van der Waals surface area contributed by atoms with Gasteiger partial charge in [0, 0.05) is 16.6 Å². The van der Waals surface area contributed by atoms with Crippen molar-refractivity contribution >= 4 is 11.6 Å². The van der Waals surface area contributed by atoms with Crippen molar-refractivity contribution in [1.82, 2.24) is 5.32 Å². The van der Waals surface area contributed by atoms with E-state index in [9.17, 15) is 9.50 Å². The Bertz CT molecular complexity index is 393. The first kappa shape index (κ1) is 13.8. The molecule has 100 valence electrons. The maximum atomic E-state index is 13.8. The molecule has 1 fully saturated rings. The first-order chi connectivity index (χ1) is 8.70. The molecule has 0 bridgehead atoms. The van der Waals surface area contributed by atoms with Crippen molar-refractivity contribution in [2.75, 3.05) is 6.61 Å². The zero-order valence-corrected chi connectivity index (χ0v) is 11.1. The van der Waals surface area contributed by atoms with E-state index < -0.39 is 0 Å². The van der Waals surface area contributed by atoms with E-state index in [-0.39, 0.29) is 18.5 Å². The van der Waals surface area contributed by atoms with Crippen molar-refractivity contribution in [2.24, 2.45) is 0 Å². The second kappa shape index (κ2) is 6.50. The van der Waals surface area contributed by atoms with Gasteiger partial charge in [-0.3, -0.25) is 0 Å². The smallest absolute Gasteiger partial charge is 0.128 e. The molecule has 4 heteroatoms. The SMILES string of the molecule is OCC(NC1CCCCC1)c1cc(Cl)ccc1F. The highest BCUT2D eigenvalue weighted by Gasteiger charge is 2.21. The number of nitrogens with one attached hydrogen (secondary N) is 1. The molecule has 0 saturated heterocycles. The second-order valence-corrected chi connectivity index (χ2v) is 5.34. The van der Waals surface area contributed by atoms with Crippen LogP contribution in [-0.4, -0.2) is 17.8 Å². The van der Waals surface area contributed by atoms with Gasteiger partial charge < -0.3 is 10.4 Å². The maximum Gasteiger partial charge on any atom is 0.128 e. The summed E-state index contributed by atoms with van der Waals surface area (Å²) < 4.78 is 13.8. The minimum Gasteiger partial charge on any atom is -0.394 e. The summed E-state index contributed by atoms with van der Waals surface area (Å²) in [6.07, 6.45) is 5.87. The monoisotopic (exact) mass is 271 g/mol. The Kier molecular flexibility index (Phi) is 4.98. The molecule has 1 unspecified atom stereocenters. The molecule has 0 aliphatic heterocycles. The molecule has 1 aliphatic rings. The van der Waals surface area contributed by atoms with Gasteiger partial charge in [0.2, 0.25) is 0 Å². The molecule has 18 heavy (non-hydrogen) atoms. The normalized spacial score (nSPS) is 18.8. The fourth-order valence-electron chi connectivity index (χ4n) is 2.58. The first-order valence-corrected chi connectivity index (χ1v) is 6.90. The van der Waals surface area contributed by atoms with Crippen molar-refractivity contribution in [3.63, 3.8) is 0 Å². The van der Waals surface area contributed by atoms with Crippen molar-refractivity contribution in [3.8, 4) is 0 Å². The highest BCUT2D eigenvalue weighted by Crippen LogP contribution is 2.25. The number of benzene rings is 1. The molecule has 1 saturated carbocycles. The number of halogens is 2. The van der Waals surface area contributed by atoms with Crippen LogP contribution in [0.1, 0.15) is 43.7 Å². The summed E-state index contributed by atoms with van der Waals surface area (Å²) in [6, 6.07) is 4.47. The molecule has 0 radical (unpaired) electrons. The third-order valence-corrected chi connectivity index (χ3v) is 3.79. The molecule has 1 aromatic rings. The average molecular weight is 272 g/mol. The van der Waals surface area contributed by atoms with E-state index in [1.54, 1.807) is 6.07 Å². The zero-order valence-electron chi connectivity index (χ0n) is 10.3. The summed E-state index contributed by atoms with van der Waals surface area (Å²) >= 11 is 5.88. The standard InChI is InChI=1S/C14H19ClFNO/c15-10-6-7-13(16)12(8-10)14(9-18)17-11-4-2-1-3-5-11/h6-8,11,14,17-18H,1-5,9H2. The molecule has 0 amide bonds. The summed E-state index contributed by atoms with van der Waals surface area (Å²) in [4.78, 5) is 0. The zero-order chi connectivity index (χ0) is 13.0. The van der Waals surface area contributed by atoms with Crippen LogP contribution in [0.5, 0.6) is 0 Å². The molecule has 0 spiro atoms. The summed E-state index contributed by atoms with van der Waals surface area (Å²) in [6.45, 7) is -0.117. The van der Waals surface area contributed by atoms with Gasteiger partial charge in [-0.2, -0.15) is 0 Å². The van der Waals surface area contributed by atoms with Gasteiger partial charge in [-0.15, -0.1) is 0 Å². The van der Waals surface area contributed by atoms with E-state index in [0.29, 0.717) is 16.6 Å². The van der Waals surface area contributed by atoms with E-state index >= 15 is 0 Å². The van der Waals surface area contributed by atoms with Gasteiger partial charge in [-0.05, 0) is 31.0 Å². The Labute approximate surface area is 112 Å². The number of hydrogen-bond acceptors (Lipinski definition) is 2. The van der Waals surface area contributed by atoms with Gasteiger partial charge in [0.15, 0.2) is 0 Å². The lowest BCUT2D eigenvalue weighted by atomic mass is 9.94. The van der Waals surface area contributed by atoms with Crippen molar-refractivity contribution in [1.29, 1.82) is 0 Å². The Morgan fingerprint density at radius 1 is 1.33 bits per heavy atom. The largest absolute Gasteiger partial charge is 0.394 e. The Balaban J connectivity index is 2.09. The molecule has 0 aromatic heterocycles. The van der Waals surface area contributed by atoms with Gasteiger partial charge in [-0.25, -0.2) is 4.39 Å². The Hall–Kier alpha value is -0.640. The van der Waals surface area contributed by atoms with Crippen LogP contribution in [0.3, 0.4) is 0 Å². The summed E-state index contributed by atoms with van der Waals surface area (Å²) in [7, 11) is 0. The highest BCUT2D eigenvalue weighted by molar-refractivity contribution is 6.30. The van der Waals surface area contributed by atoms with Crippen LogP contribution < -0.4 is 5.32 Å². The fourth-order valence-corrected chi connectivity index (χ4v) is 2.76. The van der Waals surface area contributed by atoms with Crippen molar-refractivity contribution in [3.05, 3.63) is 34.6 Å². The Morgan fingerprint density at radius 3 is 2.72 bits per heavy atom. The first-order valence-electron chi connectivity index (χ1n) is 6.52. The van der Waals surface area contributed by atoms with Crippen LogP contribution in [0.2, 0.25) is 5.02 Å². The third-order valence-electron chi connectivity index (χ3n) is 3.56. The lowest BCUT2D eigenvalue weighted by molar-refractivity contribution is 0.217. The lowest BCUT2D eigenvalue weighted by Gasteiger charge is -2.28. The molecular formula is C14H19ClFNO. The molecule has 1 aliphatic carbocycles. The average Bonchev–Trinajstić information content (AvgIpc) is 2.40. The van der Waals surface area contributed by atoms with Crippen LogP contribution in [0.25, 0.3) is 0 Å². The van der Waals surface area contributed by atoms with Gasteiger partial charge in [0.25, 0.3) is 0 Å². The third kappa shape index (κ3) is 3.44. The van der Waals surface area contributed by atoms with Gasteiger partial charge in [0.1, 0.15) is 5.82 Å². The summed E-state index contributed by atoms with van der Waals surface area (Å²) in [5.41, 5.74) is 0.454. The molecule has 1 aromatic carbocycles. The van der Waals surface area contributed by atoms with Crippen LogP contribution >= 0.6 is 11.6 Å². The van der Waals surface area contributed by atoms with Crippen LogP contribution in [0, 0.1) is 5.82 Å². The van der Waals surface area contributed by atoms with E-state index in [0.717, 1.165) is 12.8 Å². The minimum atomic E-state index is -0.369. The summed E-state index contributed by atoms with van der Waals surface area (Å²) in [5, 5.41) is 13.3. The highest BCUT2D eigenvalue weighted by atomic mass is 35.5. The topological polar surface area (TPSA) is 32.3 Å². The minimum absolute atomic E-state index is 0.117. The van der Waals surface area contributed by atoms with Gasteiger partial charge in [0.05, 0.1) is 12.6 Å². The molecule has 2 rings (SSSR count).